The van der Waals surface area contributed by atoms with E-state index in [4.69, 9.17) is 4.74 Å². The number of thioether (sulfide) groups is 1. The van der Waals surface area contributed by atoms with E-state index >= 15 is 0 Å². The number of methoxy groups -OCH3 is 1. The summed E-state index contributed by atoms with van der Waals surface area (Å²) in [4.78, 5) is 24.7. The number of nitrogens with zero attached hydrogens (tertiary/aromatic N) is 3. The highest BCUT2D eigenvalue weighted by molar-refractivity contribution is 7.99. The number of amides is 2. The number of aromatic nitrogens is 3. The number of anilines is 1. The van der Waals surface area contributed by atoms with Gasteiger partial charge in [0.1, 0.15) is 5.75 Å². The minimum absolute atomic E-state index is 0.122. The number of carbonyl (C=O) groups excluding carboxylic acids is 2. The number of rotatable bonds is 9. The number of hydrogen-bond acceptors (Lipinski definition) is 6. The van der Waals surface area contributed by atoms with Gasteiger partial charge in [0, 0.05) is 12.7 Å². The molecule has 2 amide bonds. The summed E-state index contributed by atoms with van der Waals surface area (Å²) in [6.07, 6.45) is 0.956. The van der Waals surface area contributed by atoms with Gasteiger partial charge in [0.25, 0.3) is 5.91 Å². The van der Waals surface area contributed by atoms with Gasteiger partial charge in [-0.15, -0.1) is 10.2 Å². The first kappa shape index (κ1) is 22.4. The minimum atomic E-state index is -0.261. The molecule has 162 valence electrons. The van der Waals surface area contributed by atoms with Crippen LogP contribution in [0.2, 0.25) is 0 Å². The lowest BCUT2D eigenvalue weighted by Gasteiger charge is -2.09. The van der Waals surface area contributed by atoms with Gasteiger partial charge in [-0.3, -0.25) is 9.59 Å². The van der Waals surface area contributed by atoms with Crippen LogP contribution in [-0.2, 0) is 24.8 Å². The minimum Gasteiger partial charge on any atom is -0.496 e. The van der Waals surface area contributed by atoms with Crippen molar-refractivity contribution in [3.05, 3.63) is 65.5 Å². The van der Waals surface area contributed by atoms with Crippen molar-refractivity contribution in [2.75, 3.05) is 18.2 Å². The highest BCUT2D eigenvalue weighted by Crippen LogP contribution is 2.18. The Hall–Kier alpha value is -3.33. The second kappa shape index (κ2) is 10.6. The Balaban J connectivity index is 1.52. The maximum Gasteiger partial charge on any atom is 0.255 e. The van der Waals surface area contributed by atoms with Gasteiger partial charge in [-0.2, -0.15) is 0 Å². The van der Waals surface area contributed by atoms with Crippen molar-refractivity contribution < 1.29 is 14.3 Å². The molecule has 0 unspecified atom stereocenters. The molecule has 0 saturated heterocycles. The topological polar surface area (TPSA) is 98.1 Å². The fraction of sp³-hybridized carbons (Fsp3) is 0.273. The Kier molecular flexibility index (Phi) is 7.66. The molecule has 0 radical (unpaired) electrons. The summed E-state index contributed by atoms with van der Waals surface area (Å²) in [5.41, 5.74) is 2.43. The van der Waals surface area contributed by atoms with E-state index in [0.717, 1.165) is 12.1 Å². The van der Waals surface area contributed by atoms with E-state index in [1.165, 1.54) is 24.4 Å². The van der Waals surface area contributed by atoms with Gasteiger partial charge in [0.05, 0.1) is 25.0 Å². The van der Waals surface area contributed by atoms with Crippen molar-refractivity contribution in [2.45, 2.75) is 25.0 Å². The van der Waals surface area contributed by atoms with E-state index in [9.17, 15) is 9.59 Å². The van der Waals surface area contributed by atoms with Crippen LogP contribution in [0.3, 0.4) is 0 Å². The zero-order valence-electron chi connectivity index (χ0n) is 17.7. The molecule has 0 aliphatic rings. The van der Waals surface area contributed by atoms with Gasteiger partial charge in [0.2, 0.25) is 5.91 Å². The number of benzene rings is 2. The molecular formula is C22H25N5O3S. The molecule has 3 aromatic rings. The molecule has 9 heteroatoms. The Bertz CT molecular complexity index is 1050. The number of aryl methyl sites for hydroxylation is 1. The summed E-state index contributed by atoms with van der Waals surface area (Å²) in [5, 5.41) is 14.5. The van der Waals surface area contributed by atoms with Crippen molar-refractivity contribution in [1.29, 1.82) is 0 Å². The molecule has 0 spiro atoms. The van der Waals surface area contributed by atoms with E-state index in [-0.39, 0.29) is 24.1 Å². The van der Waals surface area contributed by atoms with E-state index < -0.39 is 0 Å². The maximum atomic E-state index is 12.4. The lowest BCUT2D eigenvalue weighted by molar-refractivity contribution is -0.113. The molecule has 1 aromatic heterocycles. The van der Waals surface area contributed by atoms with Gasteiger partial charge < -0.3 is 19.9 Å². The Morgan fingerprint density at radius 2 is 1.84 bits per heavy atom. The molecule has 0 saturated carbocycles. The monoisotopic (exact) mass is 439 g/mol. The van der Waals surface area contributed by atoms with E-state index in [1.54, 1.807) is 35.9 Å². The third kappa shape index (κ3) is 5.85. The SMILES string of the molecule is CCc1ccc(NC(=O)CSc2nnc(CNC(=O)c3ccccc3OC)n2C)cc1. The Labute approximate surface area is 185 Å². The second-order valence-corrected chi connectivity index (χ2v) is 7.67. The maximum absolute atomic E-state index is 12.4. The van der Waals surface area contributed by atoms with Crippen LogP contribution in [-0.4, -0.2) is 39.4 Å². The van der Waals surface area contributed by atoms with Crippen LogP contribution in [0.4, 0.5) is 5.69 Å². The van der Waals surface area contributed by atoms with Crippen LogP contribution in [0.1, 0.15) is 28.7 Å². The molecule has 3 rings (SSSR count). The van der Waals surface area contributed by atoms with Gasteiger partial charge in [-0.05, 0) is 36.2 Å². The van der Waals surface area contributed by atoms with Crippen LogP contribution in [0.25, 0.3) is 0 Å². The number of nitrogens with one attached hydrogen (secondary N) is 2. The van der Waals surface area contributed by atoms with Gasteiger partial charge in [-0.1, -0.05) is 43.0 Å². The molecule has 0 atom stereocenters. The van der Waals surface area contributed by atoms with Crippen LogP contribution in [0.15, 0.2) is 53.7 Å². The van der Waals surface area contributed by atoms with Crippen LogP contribution in [0.5, 0.6) is 5.75 Å². The number of carbonyl (C=O) groups is 2. The smallest absolute Gasteiger partial charge is 0.255 e. The first-order valence-corrected chi connectivity index (χ1v) is 10.8. The molecule has 2 N–H and O–H groups in total. The number of para-hydroxylation sites is 1. The molecule has 0 aliphatic heterocycles. The van der Waals surface area contributed by atoms with Crippen molar-refractivity contribution in [3.63, 3.8) is 0 Å². The molecule has 1 heterocycles. The highest BCUT2D eigenvalue weighted by atomic mass is 32.2. The average molecular weight is 440 g/mol. The third-order valence-electron chi connectivity index (χ3n) is 4.66. The molecule has 2 aromatic carbocycles. The Morgan fingerprint density at radius 1 is 1.10 bits per heavy atom. The molecule has 0 aliphatic carbocycles. The van der Waals surface area contributed by atoms with Crippen molar-refractivity contribution in [3.8, 4) is 5.75 Å². The van der Waals surface area contributed by atoms with Gasteiger partial charge in [0.15, 0.2) is 11.0 Å². The standard InChI is InChI=1S/C22H25N5O3S/c1-4-15-9-11-16(12-10-15)24-20(28)14-31-22-26-25-19(27(22)2)13-23-21(29)17-7-5-6-8-18(17)30-3/h5-12H,4,13-14H2,1-3H3,(H,23,29)(H,24,28). The molecule has 0 fully saturated rings. The fourth-order valence-electron chi connectivity index (χ4n) is 2.86. The summed E-state index contributed by atoms with van der Waals surface area (Å²) in [6, 6.07) is 14.8. The highest BCUT2D eigenvalue weighted by Gasteiger charge is 2.15. The summed E-state index contributed by atoms with van der Waals surface area (Å²) in [6.45, 7) is 2.29. The largest absolute Gasteiger partial charge is 0.496 e. The lowest BCUT2D eigenvalue weighted by atomic mass is 10.1. The van der Waals surface area contributed by atoms with Crippen molar-refractivity contribution in [2.24, 2.45) is 7.05 Å². The van der Waals surface area contributed by atoms with Crippen LogP contribution >= 0.6 is 11.8 Å². The fourth-order valence-corrected chi connectivity index (χ4v) is 3.59. The molecule has 8 nitrogen and oxygen atoms in total. The number of hydrogen-bond donors (Lipinski definition) is 2. The summed E-state index contributed by atoms with van der Waals surface area (Å²) in [7, 11) is 3.32. The average Bonchev–Trinajstić information content (AvgIpc) is 3.15. The molecular weight excluding hydrogens is 414 g/mol. The lowest BCUT2D eigenvalue weighted by Crippen LogP contribution is -2.25. The first-order valence-electron chi connectivity index (χ1n) is 9.83. The van der Waals surface area contributed by atoms with E-state index in [2.05, 4.69) is 27.8 Å². The first-order chi connectivity index (χ1) is 15.0. The Morgan fingerprint density at radius 3 is 2.55 bits per heavy atom. The van der Waals surface area contributed by atoms with Crippen molar-refractivity contribution >= 4 is 29.3 Å². The van der Waals surface area contributed by atoms with E-state index in [0.29, 0.717) is 22.3 Å². The molecule has 0 bridgehead atoms. The predicted octanol–water partition coefficient (Wildman–Crippen LogP) is 3.05. The van der Waals surface area contributed by atoms with Crippen molar-refractivity contribution in [1.82, 2.24) is 20.1 Å². The summed E-state index contributed by atoms with van der Waals surface area (Å²) < 4.78 is 6.98. The van der Waals surface area contributed by atoms with E-state index in [1.807, 2.05) is 24.3 Å². The zero-order chi connectivity index (χ0) is 22.2. The normalized spacial score (nSPS) is 10.5. The quantitative estimate of drug-likeness (QED) is 0.497. The van der Waals surface area contributed by atoms with Gasteiger partial charge >= 0.3 is 0 Å². The third-order valence-corrected chi connectivity index (χ3v) is 5.68. The van der Waals surface area contributed by atoms with Crippen LogP contribution < -0.4 is 15.4 Å². The van der Waals surface area contributed by atoms with Gasteiger partial charge in [-0.25, -0.2) is 0 Å². The molecule has 31 heavy (non-hydrogen) atoms. The second-order valence-electron chi connectivity index (χ2n) is 6.73. The summed E-state index contributed by atoms with van der Waals surface area (Å²) in [5.74, 6) is 0.909. The predicted molar refractivity (Wildman–Crippen MR) is 120 cm³/mol. The summed E-state index contributed by atoms with van der Waals surface area (Å²) >= 11 is 1.28. The zero-order valence-corrected chi connectivity index (χ0v) is 18.5. The number of ether oxygens (including phenoxy) is 1. The van der Waals surface area contributed by atoms with Crippen LogP contribution in [0, 0.1) is 0 Å².